The van der Waals surface area contributed by atoms with Crippen LogP contribution in [0.25, 0.3) is 6.08 Å². The minimum atomic E-state index is -0.489. The molecule has 0 N–H and O–H groups in total. The van der Waals surface area contributed by atoms with Crippen LogP contribution in [0.5, 0.6) is 0 Å². The highest BCUT2D eigenvalue weighted by atomic mass is 16.6. The minimum Gasteiger partial charge on any atom is -0.465 e. The van der Waals surface area contributed by atoms with E-state index in [0.29, 0.717) is 24.4 Å². The number of carbonyl (C=O) groups is 2. The van der Waals surface area contributed by atoms with Crippen molar-refractivity contribution in [1.29, 1.82) is 0 Å². The van der Waals surface area contributed by atoms with Crippen LogP contribution in [-0.2, 0) is 9.47 Å². The van der Waals surface area contributed by atoms with Crippen LogP contribution in [0.3, 0.4) is 0 Å². The van der Waals surface area contributed by atoms with E-state index in [1.165, 1.54) is 13.4 Å². The number of ether oxygens (including phenoxy) is 2. The number of rotatable bonds is 2. The maximum Gasteiger partial charge on any atom is 0.410 e. The number of hydrogen-bond acceptors (Lipinski definition) is 5. The molecule has 6 nitrogen and oxygen atoms in total. The lowest BCUT2D eigenvalue weighted by molar-refractivity contribution is 0.0236. The number of hydrogen-bond donors (Lipinski definition) is 0. The van der Waals surface area contributed by atoms with Crippen molar-refractivity contribution >= 4 is 18.1 Å². The molecule has 126 valence electrons. The van der Waals surface area contributed by atoms with Gasteiger partial charge in [0.2, 0.25) is 0 Å². The first-order valence-electron chi connectivity index (χ1n) is 7.63. The second kappa shape index (κ2) is 6.89. The van der Waals surface area contributed by atoms with Gasteiger partial charge in [-0.1, -0.05) is 5.57 Å². The predicted octanol–water partition coefficient (Wildman–Crippen LogP) is 3.48. The fourth-order valence-corrected chi connectivity index (χ4v) is 2.34. The lowest BCUT2D eigenvalue weighted by atomic mass is 10.0. The van der Waals surface area contributed by atoms with Crippen molar-refractivity contribution in [2.45, 2.75) is 39.2 Å². The van der Waals surface area contributed by atoms with E-state index in [0.717, 1.165) is 18.4 Å². The quantitative estimate of drug-likeness (QED) is 0.780. The number of piperidine rings is 1. The van der Waals surface area contributed by atoms with Gasteiger partial charge >= 0.3 is 12.1 Å². The first-order valence-corrected chi connectivity index (χ1v) is 7.63. The van der Waals surface area contributed by atoms with Gasteiger partial charge in [-0.15, -0.1) is 0 Å². The van der Waals surface area contributed by atoms with Crippen LogP contribution in [0.2, 0.25) is 0 Å². The molecule has 0 bridgehead atoms. The highest BCUT2D eigenvalue weighted by molar-refractivity contribution is 5.92. The lowest BCUT2D eigenvalue weighted by Crippen LogP contribution is -2.40. The molecule has 6 heteroatoms. The molecule has 0 radical (unpaired) electrons. The van der Waals surface area contributed by atoms with Gasteiger partial charge in [-0.2, -0.15) is 0 Å². The Bertz CT molecular complexity index is 599. The van der Waals surface area contributed by atoms with E-state index >= 15 is 0 Å². The van der Waals surface area contributed by atoms with E-state index in [1.54, 1.807) is 11.0 Å². The molecule has 0 saturated carbocycles. The number of carbonyl (C=O) groups excluding carboxylic acids is 2. The number of esters is 1. The van der Waals surface area contributed by atoms with Gasteiger partial charge in [0.1, 0.15) is 16.9 Å². The van der Waals surface area contributed by atoms with Crippen LogP contribution < -0.4 is 0 Å². The third kappa shape index (κ3) is 4.61. The summed E-state index contributed by atoms with van der Waals surface area (Å²) in [7, 11) is 1.34. The Morgan fingerprint density at radius 3 is 2.48 bits per heavy atom. The number of furan rings is 1. The highest BCUT2D eigenvalue weighted by Gasteiger charge is 2.25. The van der Waals surface area contributed by atoms with Gasteiger partial charge in [0, 0.05) is 13.1 Å². The third-order valence-corrected chi connectivity index (χ3v) is 3.49. The van der Waals surface area contributed by atoms with Gasteiger partial charge in [-0.25, -0.2) is 9.59 Å². The summed E-state index contributed by atoms with van der Waals surface area (Å²) in [5, 5.41) is 0. The Kier molecular flexibility index (Phi) is 5.13. The Labute approximate surface area is 136 Å². The molecule has 1 aromatic heterocycles. The molecule has 23 heavy (non-hydrogen) atoms. The number of likely N-dealkylation sites (tertiary alicyclic amines) is 1. The molecule has 2 heterocycles. The molecule has 0 atom stereocenters. The SMILES string of the molecule is COC(=O)c1ccoc1C=C1CCN(C(=O)OC(C)(C)C)CC1. The fourth-order valence-electron chi connectivity index (χ4n) is 2.34. The summed E-state index contributed by atoms with van der Waals surface area (Å²) in [5.74, 6) is 0.0781. The Hall–Kier alpha value is -2.24. The summed E-state index contributed by atoms with van der Waals surface area (Å²) in [5.41, 5.74) is 1.05. The largest absolute Gasteiger partial charge is 0.465 e. The molecule has 1 saturated heterocycles. The average Bonchev–Trinajstić information content (AvgIpc) is 2.93. The van der Waals surface area contributed by atoms with Crippen molar-refractivity contribution < 1.29 is 23.5 Å². The van der Waals surface area contributed by atoms with Crippen molar-refractivity contribution in [2.75, 3.05) is 20.2 Å². The summed E-state index contributed by atoms with van der Waals surface area (Å²) in [4.78, 5) is 25.4. The number of amides is 1. The van der Waals surface area contributed by atoms with Crippen LogP contribution in [0, 0.1) is 0 Å². The lowest BCUT2D eigenvalue weighted by Gasteiger charge is -2.30. The molecule has 1 aliphatic heterocycles. The van der Waals surface area contributed by atoms with E-state index in [1.807, 2.05) is 26.8 Å². The van der Waals surface area contributed by atoms with Gasteiger partial charge in [-0.3, -0.25) is 0 Å². The fraction of sp³-hybridized carbons (Fsp3) is 0.529. The van der Waals surface area contributed by atoms with E-state index < -0.39 is 11.6 Å². The van der Waals surface area contributed by atoms with Crippen molar-refractivity contribution in [3.63, 3.8) is 0 Å². The Morgan fingerprint density at radius 1 is 1.26 bits per heavy atom. The first kappa shape index (κ1) is 17.1. The molecule has 1 aromatic rings. The van der Waals surface area contributed by atoms with Gasteiger partial charge < -0.3 is 18.8 Å². The molecular formula is C17H23NO5. The van der Waals surface area contributed by atoms with Crippen LogP contribution in [0.4, 0.5) is 4.79 Å². The third-order valence-electron chi connectivity index (χ3n) is 3.49. The molecule has 0 aliphatic carbocycles. The van der Waals surface area contributed by atoms with Crippen LogP contribution in [-0.4, -0.2) is 42.8 Å². The molecule has 0 aromatic carbocycles. The van der Waals surface area contributed by atoms with Gasteiger partial charge in [-0.05, 0) is 45.8 Å². The number of methoxy groups -OCH3 is 1. The summed E-state index contributed by atoms with van der Waals surface area (Å²) in [6, 6.07) is 1.59. The topological polar surface area (TPSA) is 69.0 Å². The Balaban J connectivity index is 1.98. The van der Waals surface area contributed by atoms with Crippen LogP contribution >= 0.6 is 0 Å². The van der Waals surface area contributed by atoms with Gasteiger partial charge in [0.25, 0.3) is 0 Å². The van der Waals surface area contributed by atoms with Crippen LogP contribution in [0.15, 0.2) is 22.3 Å². The zero-order chi connectivity index (χ0) is 17.0. The van der Waals surface area contributed by atoms with E-state index in [2.05, 4.69) is 0 Å². The minimum absolute atomic E-state index is 0.287. The zero-order valence-electron chi connectivity index (χ0n) is 14.0. The molecule has 2 rings (SSSR count). The standard InChI is InChI=1S/C17H23NO5/c1-17(2,3)23-16(20)18-8-5-12(6-9-18)11-14-13(7-10-22-14)15(19)21-4/h7,10-11H,5-6,8-9H2,1-4H3. The highest BCUT2D eigenvalue weighted by Crippen LogP contribution is 2.23. The molecule has 0 unspecified atom stereocenters. The molecule has 1 amide bonds. The second-order valence-corrected chi connectivity index (χ2v) is 6.46. The maximum atomic E-state index is 12.0. The predicted molar refractivity (Wildman–Crippen MR) is 85.1 cm³/mol. The second-order valence-electron chi connectivity index (χ2n) is 6.46. The van der Waals surface area contributed by atoms with Crippen molar-refractivity contribution in [3.05, 3.63) is 29.2 Å². The van der Waals surface area contributed by atoms with Crippen LogP contribution in [0.1, 0.15) is 49.7 Å². The molecule has 0 spiro atoms. The van der Waals surface area contributed by atoms with E-state index in [4.69, 9.17) is 13.9 Å². The first-order chi connectivity index (χ1) is 10.8. The number of nitrogens with zero attached hydrogens (tertiary/aromatic N) is 1. The summed E-state index contributed by atoms with van der Waals surface area (Å²) in [6.45, 7) is 6.74. The van der Waals surface area contributed by atoms with Gasteiger partial charge in [0.15, 0.2) is 0 Å². The average molecular weight is 321 g/mol. The van der Waals surface area contributed by atoms with Crippen molar-refractivity contribution in [3.8, 4) is 0 Å². The van der Waals surface area contributed by atoms with E-state index in [9.17, 15) is 9.59 Å². The van der Waals surface area contributed by atoms with E-state index in [-0.39, 0.29) is 6.09 Å². The Morgan fingerprint density at radius 2 is 1.91 bits per heavy atom. The zero-order valence-corrected chi connectivity index (χ0v) is 14.0. The molecule has 1 aliphatic rings. The molecule has 1 fully saturated rings. The maximum absolute atomic E-state index is 12.0. The van der Waals surface area contributed by atoms with Crippen molar-refractivity contribution in [2.24, 2.45) is 0 Å². The summed E-state index contributed by atoms with van der Waals surface area (Å²) < 4.78 is 15.4. The van der Waals surface area contributed by atoms with Crippen molar-refractivity contribution in [1.82, 2.24) is 4.90 Å². The monoisotopic (exact) mass is 321 g/mol. The normalized spacial score (nSPS) is 15.3. The molecular weight excluding hydrogens is 298 g/mol. The summed E-state index contributed by atoms with van der Waals surface area (Å²) >= 11 is 0. The smallest absolute Gasteiger partial charge is 0.410 e. The summed E-state index contributed by atoms with van der Waals surface area (Å²) in [6.07, 6.45) is 4.48. The van der Waals surface area contributed by atoms with Gasteiger partial charge in [0.05, 0.1) is 13.4 Å².